The predicted octanol–water partition coefficient (Wildman–Crippen LogP) is 2.23. The first-order chi connectivity index (χ1) is 10.1. The van der Waals surface area contributed by atoms with Crippen LogP contribution < -0.4 is 5.56 Å². The highest BCUT2D eigenvalue weighted by Gasteiger charge is 2.26. The average Bonchev–Trinajstić information content (AvgIpc) is 2.85. The molecule has 1 saturated carbocycles. The first-order valence-electron chi connectivity index (χ1n) is 7.43. The number of carbonyl (C=O) groups is 1. The van der Waals surface area contributed by atoms with Gasteiger partial charge in [0.25, 0.3) is 5.56 Å². The van der Waals surface area contributed by atoms with Gasteiger partial charge in [-0.1, -0.05) is 0 Å². The Kier molecular flexibility index (Phi) is 3.57. The number of nitrogens with zero attached hydrogens (tertiary/aromatic N) is 2. The summed E-state index contributed by atoms with van der Waals surface area (Å²) in [5.41, 5.74) is 0.775. The van der Waals surface area contributed by atoms with Crippen molar-refractivity contribution in [1.29, 1.82) is 0 Å². The molecule has 0 bridgehead atoms. The molecule has 0 aliphatic heterocycles. The minimum Gasteiger partial charge on any atom is -0.481 e. The third-order valence-corrected chi connectivity index (χ3v) is 4.65. The van der Waals surface area contributed by atoms with Crippen LogP contribution in [0.25, 0.3) is 10.9 Å². The Morgan fingerprint density at radius 2 is 1.90 bits per heavy atom. The molecule has 2 heterocycles. The van der Waals surface area contributed by atoms with Crippen molar-refractivity contribution in [3.05, 3.63) is 34.9 Å². The van der Waals surface area contributed by atoms with Crippen molar-refractivity contribution in [3.8, 4) is 0 Å². The Labute approximate surface area is 122 Å². The fourth-order valence-electron chi connectivity index (χ4n) is 3.35. The molecule has 1 N–H and O–H groups in total. The summed E-state index contributed by atoms with van der Waals surface area (Å²) in [5.74, 6) is -0.486. The molecule has 0 saturated heterocycles. The second-order valence-corrected chi connectivity index (χ2v) is 6.06. The summed E-state index contributed by atoms with van der Waals surface area (Å²) in [4.78, 5) is 23.5. The lowest BCUT2D eigenvalue weighted by atomic mass is 9.82. The number of rotatable bonds is 3. The van der Waals surface area contributed by atoms with E-state index in [-0.39, 0.29) is 11.5 Å². The lowest BCUT2D eigenvalue weighted by Gasteiger charge is -2.26. The van der Waals surface area contributed by atoms with Gasteiger partial charge in [-0.3, -0.25) is 9.59 Å². The van der Waals surface area contributed by atoms with Gasteiger partial charge < -0.3 is 14.2 Å². The van der Waals surface area contributed by atoms with Crippen molar-refractivity contribution < 1.29 is 9.90 Å². The third kappa shape index (κ3) is 2.60. The van der Waals surface area contributed by atoms with Crippen LogP contribution in [0.15, 0.2) is 29.3 Å². The normalized spacial score (nSPS) is 22.5. The van der Waals surface area contributed by atoms with Gasteiger partial charge in [-0.2, -0.15) is 0 Å². The monoisotopic (exact) mass is 288 g/mol. The van der Waals surface area contributed by atoms with Gasteiger partial charge in [0.1, 0.15) is 5.52 Å². The van der Waals surface area contributed by atoms with Crippen molar-refractivity contribution >= 4 is 16.9 Å². The van der Waals surface area contributed by atoms with Crippen molar-refractivity contribution in [1.82, 2.24) is 9.13 Å². The number of aromatic nitrogens is 2. The van der Waals surface area contributed by atoms with E-state index >= 15 is 0 Å². The van der Waals surface area contributed by atoms with Crippen LogP contribution >= 0.6 is 0 Å². The SMILES string of the molecule is Cn1ccc2ccn(CC3CCC(C(=O)O)CC3)c(=O)c21. The highest BCUT2D eigenvalue weighted by atomic mass is 16.4. The molecule has 0 radical (unpaired) electrons. The first-order valence-corrected chi connectivity index (χ1v) is 7.43. The largest absolute Gasteiger partial charge is 0.481 e. The number of carboxylic acid groups (broad SMARTS) is 1. The van der Waals surface area contributed by atoms with Crippen molar-refractivity contribution in [2.24, 2.45) is 18.9 Å². The fourth-order valence-corrected chi connectivity index (χ4v) is 3.35. The molecule has 2 aromatic rings. The van der Waals surface area contributed by atoms with E-state index in [1.54, 1.807) is 4.57 Å². The van der Waals surface area contributed by atoms with Gasteiger partial charge in [0, 0.05) is 31.4 Å². The summed E-state index contributed by atoms with van der Waals surface area (Å²) in [7, 11) is 1.88. The lowest BCUT2D eigenvalue weighted by molar-refractivity contribution is -0.143. The molecule has 1 fully saturated rings. The predicted molar refractivity (Wildman–Crippen MR) is 80.3 cm³/mol. The maximum absolute atomic E-state index is 12.5. The summed E-state index contributed by atoms with van der Waals surface area (Å²) >= 11 is 0. The molecular formula is C16H20N2O3. The summed E-state index contributed by atoms with van der Waals surface area (Å²) in [6.07, 6.45) is 6.97. The van der Waals surface area contributed by atoms with Gasteiger partial charge in [0.2, 0.25) is 0 Å². The van der Waals surface area contributed by atoms with Crippen LogP contribution in [-0.4, -0.2) is 20.2 Å². The lowest BCUT2D eigenvalue weighted by Crippen LogP contribution is -2.28. The molecule has 0 amide bonds. The van der Waals surface area contributed by atoms with Crippen molar-refractivity contribution in [2.45, 2.75) is 32.2 Å². The smallest absolute Gasteiger partial charge is 0.306 e. The first kappa shape index (κ1) is 13.9. The van der Waals surface area contributed by atoms with Crippen LogP contribution in [0.1, 0.15) is 25.7 Å². The molecule has 3 rings (SSSR count). The summed E-state index contributed by atoms with van der Waals surface area (Å²) in [6.45, 7) is 0.687. The molecule has 21 heavy (non-hydrogen) atoms. The Bertz CT molecular complexity index is 721. The van der Waals surface area contributed by atoms with Crippen LogP contribution in [-0.2, 0) is 18.4 Å². The van der Waals surface area contributed by atoms with Gasteiger partial charge in [-0.05, 0) is 43.7 Å². The minimum absolute atomic E-state index is 0.0420. The van der Waals surface area contributed by atoms with E-state index < -0.39 is 5.97 Å². The van der Waals surface area contributed by atoms with Crippen LogP contribution in [0.3, 0.4) is 0 Å². The molecule has 0 spiro atoms. The standard InChI is InChI=1S/C16H20N2O3/c1-17-8-6-12-7-9-18(15(19)14(12)17)10-11-2-4-13(5-3-11)16(20)21/h6-9,11,13H,2-5,10H2,1H3,(H,20,21). The Morgan fingerprint density at radius 3 is 2.57 bits per heavy atom. The number of carboxylic acids is 1. The van der Waals surface area contributed by atoms with E-state index in [1.165, 1.54) is 0 Å². The van der Waals surface area contributed by atoms with Crippen LogP contribution in [0.5, 0.6) is 0 Å². The molecule has 1 aliphatic carbocycles. The molecule has 5 heteroatoms. The molecule has 0 unspecified atom stereocenters. The quantitative estimate of drug-likeness (QED) is 0.942. The van der Waals surface area contributed by atoms with E-state index in [9.17, 15) is 9.59 Å². The highest BCUT2D eigenvalue weighted by molar-refractivity contribution is 5.78. The Balaban J connectivity index is 1.77. The average molecular weight is 288 g/mol. The van der Waals surface area contributed by atoms with Crippen LogP contribution in [0.2, 0.25) is 0 Å². The number of hydrogen-bond donors (Lipinski definition) is 1. The van der Waals surface area contributed by atoms with E-state index in [4.69, 9.17) is 5.11 Å². The maximum atomic E-state index is 12.5. The van der Waals surface area contributed by atoms with Crippen LogP contribution in [0, 0.1) is 11.8 Å². The molecule has 112 valence electrons. The molecule has 1 aliphatic rings. The maximum Gasteiger partial charge on any atom is 0.306 e. The topological polar surface area (TPSA) is 64.2 Å². The number of fused-ring (bicyclic) bond motifs is 1. The molecule has 2 aromatic heterocycles. The number of aliphatic carboxylic acids is 1. The van der Waals surface area contributed by atoms with Crippen LogP contribution in [0.4, 0.5) is 0 Å². The molecule has 5 nitrogen and oxygen atoms in total. The van der Waals surface area contributed by atoms with E-state index in [0.29, 0.717) is 12.5 Å². The zero-order chi connectivity index (χ0) is 15.0. The van der Waals surface area contributed by atoms with Gasteiger partial charge in [0.15, 0.2) is 0 Å². The zero-order valence-corrected chi connectivity index (χ0v) is 12.2. The minimum atomic E-state index is -0.684. The zero-order valence-electron chi connectivity index (χ0n) is 12.2. The molecule has 0 atom stereocenters. The summed E-state index contributed by atoms with van der Waals surface area (Å²) < 4.78 is 3.63. The summed E-state index contributed by atoms with van der Waals surface area (Å²) in [5, 5.41) is 9.99. The van der Waals surface area contributed by atoms with Gasteiger partial charge in [-0.25, -0.2) is 0 Å². The highest BCUT2D eigenvalue weighted by Crippen LogP contribution is 2.29. The van der Waals surface area contributed by atoms with E-state index in [1.807, 2.05) is 36.1 Å². The van der Waals surface area contributed by atoms with Crippen molar-refractivity contribution in [2.75, 3.05) is 0 Å². The Morgan fingerprint density at radius 1 is 1.24 bits per heavy atom. The number of aryl methyl sites for hydroxylation is 1. The fraction of sp³-hybridized carbons (Fsp3) is 0.500. The Hall–Kier alpha value is -2.04. The van der Waals surface area contributed by atoms with E-state index in [2.05, 4.69) is 0 Å². The summed E-state index contributed by atoms with van der Waals surface area (Å²) in [6, 6.07) is 3.92. The molecule has 0 aromatic carbocycles. The third-order valence-electron chi connectivity index (χ3n) is 4.65. The second-order valence-electron chi connectivity index (χ2n) is 6.06. The van der Waals surface area contributed by atoms with Gasteiger partial charge in [-0.15, -0.1) is 0 Å². The van der Waals surface area contributed by atoms with E-state index in [0.717, 1.165) is 36.6 Å². The van der Waals surface area contributed by atoms with Crippen molar-refractivity contribution in [3.63, 3.8) is 0 Å². The number of pyridine rings is 1. The van der Waals surface area contributed by atoms with Gasteiger partial charge in [0.05, 0.1) is 5.92 Å². The second kappa shape index (κ2) is 5.39. The molecular weight excluding hydrogens is 268 g/mol. The number of hydrogen-bond acceptors (Lipinski definition) is 2. The van der Waals surface area contributed by atoms with Gasteiger partial charge >= 0.3 is 5.97 Å².